The molecule has 0 spiro atoms. The Hall–Kier alpha value is -2.64. The lowest BCUT2D eigenvalue weighted by molar-refractivity contribution is 0.456. The number of anilines is 1. The van der Waals surface area contributed by atoms with Crippen LogP contribution in [0.4, 0.5) is 5.69 Å². The number of benzene rings is 1. The fraction of sp³-hybridized carbons (Fsp3) is 0.304. The molecule has 0 atom stereocenters. The van der Waals surface area contributed by atoms with Crippen LogP contribution in [-0.2, 0) is 10.0 Å². The molecule has 0 unspecified atom stereocenters. The van der Waals surface area contributed by atoms with Gasteiger partial charge >= 0.3 is 0 Å². The Morgan fingerprint density at radius 3 is 2.32 bits per heavy atom. The Kier molecular flexibility index (Phi) is 5.66. The quantitative estimate of drug-likeness (QED) is 0.492. The molecule has 1 aromatic carbocycles. The molecular formula is C23H24ClN3O3S. The van der Waals surface area contributed by atoms with Crippen molar-refractivity contribution in [2.24, 2.45) is 0 Å². The molecule has 0 N–H and O–H groups in total. The molecule has 1 saturated carbocycles. The van der Waals surface area contributed by atoms with Crippen molar-refractivity contribution < 1.29 is 13.2 Å². The van der Waals surface area contributed by atoms with E-state index in [0.717, 1.165) is 35.1 Å². The highest BCUT2D eigenvalue weighted by Gasteiger charge is 2.37. The second kappa shape index (κ2) is 8.13. The van der Waals surface area contributed by atoms with Crippen LogP contribution < -0.4 is 9.04 Å². The number of aromatic nitrogens is 2. The molecule has 2 aromatic heterocycles. The van der Waals surface area contributed by atoms with E-state index in [2.05, 4.69) is 4.98 Å². The maximum absolute atomic E-state index is 12.6. The molecule has 0 radical (unpaired) electrons. The van der Waals surface area contributed by atoms with Crippen molar-refractivity contribution in [3.8, 4) is 22.9 Å². The number of halogens is 1. The molecule has 8 heteroatoms. The summed E-state index contributed by atoms with van der Waals surface area (Å²) in [5.74, 6) is 0.912. The Morgan fingerprint density at radius 2 is 1.74 bits per heavy atom. The van der Waals surface area contributed by atoms with Gasteiger partial charge in [-0.25, -0.2) is 13.4 Å². The van der Waals surface area contributed by atoms with E-state index in [-0.39, 0.29) is 11.9 Å². The first kappa shape index (κ1) is 21.6. The van der Waals surface area contributed by atoms with Crippen LogP contribution in [0.1, 0.15) is 29.5 Å². The Bertz CT molecular complexity index is 1230. The number of sulfonamides is 1. The first-order chi connectivity index (χ1) is 14.6. The van der Waals surface area contributed by atoms with Crippen LogP contribution in [0.3, 0.4) is 0 Å². The van der Waals surface area contributed by atoms with Gasteiger partial charge in [0.25, 0.3) is 0 Å². The second-order valence-corrected chi connectivity index (χ2v) is 10.3. The van der Waals surface area contributed by atoms with E-state index in [9.17, 15) is 8.42 Å². The zero-order valence-corrected chi connectivity index (χ0v) is 19.5. The average molecular weight is 458 g/mol. The molecule has 1 fully saturated rings. The highest BCUT2D eigenvalue weighted by atomic mass is 35.5. The summed E-state index contributed by atoms with van der Waals surface area (Å²) >= 11 is 6.10. The molecule has 6 nitrogen and oxygen atoms in total. The average Bonchev–Trinajstić information content (AvgIpc) is 3.49. The van der Waals surface area contributed by atoms with Gasteiger partial charge in [-0.05, 0) is 62.9 Å². The van der Waals surface area contributed by atoms with E-state index in [1.807, 2.05) is 32.9 Å². The van der Waals surface area contributed by atoms with Gasteiger partial charge < -0.3 is 4.74 Å². The van der Waals surface area contributed by atoms with E-state index in [0.29, 0.717) is 22.2 Å². The SMILES string of the molecule is Cc1cc(C)c(Oc2nc(-c3cncc(Cl)c3)ccc2N(C2CC2)S(C)(=O)=O)c(C)c1. The maximum atomic E-state index is 12.6. The summed E-state index contributed by atoms with van der Waals surface area (Å²) in [6.07, 6.45) is 6.06. The van der Waals surface area contributed by atoms with Gasteiger partial charge in [0.15, 0.2) is 0 Å². The van der Waals surface area contributed by atoms with Crippen LogP contribution >= 0.6 is 11.6 Å². The second-order valence-electron chi connectivity index (χ2n) is 8.03. The molecule has 0 aliphatic heterocycles. The number of ether oxygens (including phenoxy) is 1. The van der Waals surface area contributed by atoms with Gasteiger partial charge in [-0.2, -0.15) is 0 Å². The van der Waals surface area contributed by atoms with Crippen molar-refractivity contribution >= 4 is 27.3 Å². The highest BCUT2D eigenvalue weighted by molar-refractivity contribution is 7.92. The Balaban J connectivity index is 1.87. The number of rotatable bonds is 6. The predicted octanol–water partition coefficient (Wildman–Crippen LogP) is 5.44. The summed E-state index contributed by atoms with van der Waals surface area (Å²) in [6.45, 7) is 5.96. The van der Waals surface area contributed by atoms with Gasteiger partial charge in [-0.3, -0.25) is 9.29 Å². The minimum absolute atomic E-state index is 0.0713. The van der Waals surface area contributed by atoms with Crippen LogP contribution in [0.2, 0.25) is 5.02 Å². The van der Waals surface area contributed by atoms with Crippen molar-refractivity contribution in [2.75, 3.05) is 10.6 Å². The topological polar surface area (TPSA) is 72.4 Å². The minimum Gasteiger partial charge on any atom is -0.436 e. The molecule has 1 aliphatic rings. The largest absolute Gasteiger partial charge is 0.436 e. The third kappa shape index (κ3) is 4.67. The van der Waals surface area contributed by atoms with Crippen LogP contribution in [-0.4, -0.2) is 30.7 Å². The molecule has 0 amide bonds. The van der Waals surface area contributed by atoms with Crippen molar-refractivity contribution in [3.05, 3.63) is 64.4 Å². The molecule has 2 heterocycles. The van der Waals surface area contributed by atoms with Gasteiger partial charge in [-0.1, -0.05) is 29.3 Å². The van der Waals surface area contributed by atoms with E-state index in [4.69, 9.17) is 21.3 Å². The number of hydrogen-bond acceptors (Lipinski definition) is 5. The van der Waals surface area contributed by atoms with E-state index in [1.54, 1.807) is 30.6 Å². The highest BCUT2D eigenvalue weighted by Crippen LogP contribution is 2.42. The third-order valence-corrected chi connectivity index (χ3v) is 6.53. The fourth-order valence-electron chi connectivity index (χ4n) is 3.77. The number of pyridine rings is 2. The Labute approximate surface area is 187 Å². The van der Waals surface area contributed by atoms with Crippen molar-refractivity contribution in [1.82, 2.24) is 9.97 Å². The van der Waals surface area contributed by atoms with Crippen LogP contribution in [0.25, 0.3) is 11.3 Å². The third-order valence-electron chi connectivity index (χ3n) is 5.12. The maximum Gasteiger partial charge on any atom is 0.244 e. The molecule has 4 rings (SSSR count). The lowest BCUT2D eigenvalue weighted by atomic mass is 10.1. The van der Waals surface area contributed by atoms with Crippen molar-refractivity contribution in [1.29, 1.82) is 0 Å². The van der Waals surface area contributed by atoms with E-state index in [1.165, 1.54) is 10.6 Å². The van der Waals surface area contributed by atoms with Gasteiger partial charge in [-0.15, -0.1) is 0 Å². The smallest absolute Gasteiger partial charge is 0.244 e. The lowest BCUT2D eigenvalue weighted by Crippen LogP contribution is -2.32. The monoisotopic (exact) mass is 457 g/mol. The lowest BCUT2D eigenvalue weighted by Gasteiger charge is -2.25. The van der Waals surface area contributed by atoms with Gasteiger partial charge in [0.1, 0.15) is 11.4 Å². The summed E-state index contributed by atoms with van der Waals surface area (Å²) in [5.41, 5.74) is 4.79. The number of aryl methyl sites for hydroxylation is 3. The summed E-state index contributed by atoms with van der Waals surface area (Å²) in [5, 5.41) is 0.492. The zero-order chi connectivity index (χ0) is 22.3. The predicted molar refractivity (Wildman–Crippen MR) is 124 cm³/mol. The van der Waals surface area contributed by atoms with Crippen LogP contribution in [0, 0.1) is 20.8 Å². The number of hydrogen-bond donors (Lipinski definition) is 0. The van der Waals surface area contributed by atoms with E-state index < -0.39 is 10.0 Å². The summed E-state index contributed by atoms with van der Waals surface area (Å²) < 4.78 is 32.9. The molecule has 3 aromatic rings. The first-order valence-corrected chi connectivity index (χ1v) is 12.2. The standard InChI is InChI=1S/C23H24ClN3O3S/c1-14-9-15(2)22(16(3)10-14)30-23-21(27(19-5-6-19)31(4,28)29)8-7-20(26-23)17-11-18(24)13-25-12-17/h7-13,19H,5-6H2,1-4H3. The van der Waals surface area contributed by atoms with E-state index >= 15 is 0 Å². The van der Waals surface area contributed by atoms with Gasteiger partial charge in [0.2, 0.25) is 15.9 Å². The van der Waals surface area contributed by atoms with Crippen LogP contribution in [0.5, 0.6) is 11.6 Å². The number of nitrogens with zero attached hydrogens (tertiary/aromatic N) is 3. The zero-order valence-electron chi connectivity index (χ0n) is 17.9. The van der Waals surface area contributed by atoms with Crippen molar-refractivity contribution in [3.63, 3.8) is 0 Å². The molecule has 0 saturated heterocycles. The molecule has 1 aliphatic carbocycles. The summed E-state index contributed by atoms with van der Waals surface area (Å²) in [6, 6.07) is 9.27. The summed E-state index contributed by atoms with van der Waals surface area (Å²) in [7, 11) is -3.50. The van der Waals surface area contributed by atoms with Crippen molar-refractivity contribution in [2.45, 2.75) is 39.7 Å². The normalized spacial score (nSPS) is 13.8. The summed E-state index contributed by atoms with van der Waals surface area (Å²) in [4.78, 5) is 8.83. The molecular weight excluding hydrogens is 434 g/mol. The Morgan fingerprint density at radius 1 is 1.06 bits per heavy atom. The molecule has 31 heavy (non-hydrogen) atoms. The fourth-order valence-corrected chi connectivity index (χ4v) is 5.19. The molecule has 162 valence electrons. The van der Waals surface area contributed by atoms with Gasteiger partial charge in [0, 0.05) is 24.0 Å². The van der Waals surface area contributed by atoms with Crippen LogP contribution in [0.15, 0.2) is 42.7 Å². The molecule has 0 bridgehead atoms. The van der Waals surface area contributed by atoms with Gasteiger partial charge in [0.05, 0.1) is 17.0 Å². The minimum atomic E-state index is -3.50. The first-order valence-electron chi connectivity index (χ1n) is 10.0.